The average molecular weight is 228 g/mol. The highest BCUT2D eigenvalue weighted by atomic mass is 14.9. The Labute approximate surface area is 104 Å². The topological polar surface area (TPSA) is 35.8 Å². The van der Waals surface area contributed by atoms with E-state index in [1.165, 1.54) is 18.4 Å². The van der Waals surface area contributed by atoms with Crippen molar-refractivity contribution in [2.24, 2.45) is 5.92 Å². The average Bonchev–Trinajstić information content (AvgIpc) is 3.14. The molecule has 1 aromatic carbocycles. The minimum absolute atomic E-state index is 0.170. The van der Waals surface area contributed by atoms with Crippen molar-refractivity contribution < 1.29 is 0 Å². The molecule has 0 heterocycles. The monoisotopic (exact) mass is 228 g/mol. The molecule has 90 valence electrons. The van der Waals surface area contributed by atoms with Crippen molar-refractivity contribution in [1.29, 1.82) is 5.26 Å². The second kappa shape index (κ2) is 5.33. The summed E-state index contributed by atoms with van der Waals surface area (Å²) in [4.78, 5) is 0. The van der Waals surface area contributed by atoms with Gasteiger partial charge in [0.05, 0.1) is 6.07 Å². The van der Waals surface area contributed by atoms with E-state index >= 15 is 0 Å². The number of benzene rings is 1. The van der Waals surface area contributed by atoms with E-state index in [0.717, 1.165) is 18.0 Å². The summed E-state index contributed by atoms with van der Waals surface area (Å²) < 4.78 is 0. The molecule has 1 saturated carbocycles. The molecule has 0 radical (unpaired) electrons. The van der Waals surface area contributed by atoms with Crippen LogP contribution in [0.25, 0.3) is 0 Å². The van der Waals surface area contributed by atoms with Crippen molar-refractivity contribution in [2.75, 3.05) is 6.54 Å². The third kappa shape index (κ3) is 3.31. The molecule has 2 nitrogen and oxygen atoms in total. The maximum Gasteiger partial charge on any atom is 0.121 e. The van der Waals surface area contributed by atoms with Gasteiger partial charge in [0, 0.05) is 0 Å². The van der Waals surface area contributed by atoms with Gasteiger partial charge in [0.15, 0.2) is 0 Å². The lowest BCUT2D eigenvalue weighted by molar-refractivity contribution is 0.525. The quantitative estimate of drug-likeness (QED) is 0.838. The first-order valence-electron chi connectivity index (χ1n) is 6.43. The molecule has 1 N–H and O–H groups in total. The predicted molar refractivity (Wildman–Crippen MR) is 69.6 cm³/mol. The Kier molecular flexibility index (Phi) is 3.81. The molecule has 1 aliphatic carbocycles. The van der Waals surface area contributed by atoms with Gasteiger partial charge in [-0.1, -0.05) is 38.1 Å². The third-order valence-corrected chi connectivity index (χ3v) is 3.15. The Bertz CT molecular complexity index is 413. The zero-order valence-corrected chi connectivity index (χ0v) is 10.6. The Morgan fingerprint density at radius 2 is 2.18 bits per heavy atom. The zero-order valence-electron chi connectivity index (χ0n) is 10.6. The maximum absolute atomic E-state index is 9.22. The summed E-state index contributed by atoms with van der Waals surface area (Å²) in [5.74, 6) is 1.32. The molecule has 1 fully saturated rings. The molecule has 1 unspecified atom stereocenters. The SMILES string of the molecule is CC(C)CNC(C#N)c1cccc(C2CC2)c1. The second-order valence-electron chi connectivity index (χ2n) is 5.31. The van der Waals surface area contributed by atoms with Crippen LogP contribution < -0.4 is 5.32 Å². The van der Waals surface area contributed by atoms with Gasteiger partial charge in [-0.15, -0.1) is 0 Å². The van der Waals surface area contributed by atoms with E-state index in [9.17, 15) is 5.26 Å². The van der Waals surface area contributed by atoms with Gasteiger partial charge in [-0.25, -0.2) is 0 Å². The fourth-order valence-electron chi connectivity index (χ4n) is 2.00. The Balaban J connectivity index is 2.07. The zero-order chi connectivity index (χ0) is 12.3. The normalized spacial score (nSPS) is 16.8. The number of nitrogens with zero attached hydrogens (tertiary/aromatic N) is 1. The smallest absolute Gasteiger partial charge is 0.121 e. The lowest BCUT2D eigenvalue weighted by Crippen LogP contribution is -2.24. The molecule has 0 aromatic heterocycles. The van der Waals surface area contributed by atoms with Gasteiger partial charge in [-0.2, -0.15) is 5.26 Å². The van der Waals surface area contributed by atoms with Crippen LogP contribution in [0.4, 0.5) is 0 Å². The minimum atomic E-state index is -0.170. The Morgan fingerprint density at radius 3 is 2.76 bits per heavy atom. The molecule has 1 aliphatic rings. The summed E-state index contributed by atoms with van der Waals surface area (Å²) in [7, 11) is 0. The summed E-state index contributed by atoms with van der Waals surface area (Å²) in [6, 6.07) is 10.7. The summed E-state index contributed by atoms with van der Waals surface area (Å²) in [6.07, 6.45) is 2.61. The number of hydrogen-bond donors (Lipinski definition) is 1. The van der Waals surface area contributed by atoms with Gasteiger partial charge in [0.1, 0.15) is 6.04 Å². The molecule has 0 aliphatic heterocycles. The first-order valence-corrected chi connectivity index (χ1v) is 6.43. The molecule has 2 heteroatoms. The van der Waals surface area contributed by atoms with Crippen molar-refractivity contribution in [3.05, 3.63) is 35.4 Å². The van der Waals surface area contributed by atoms with Gasteiger partial charge in [-0.3, -0.25) is 5.32 Å². The van der Waals surface area contributed by atoms with Gasteiger partial charge in [-0.05, 0) is 42.3 Å². The van der Waals surface area contributed by atoms with E-state index in [1.54, 1.807) is 0 Å². The first-order chi connectivity index (χ1) is 8.20. The fourth-order valence-corrected chi connectivity index (χ4v) is 2.00. The minimum Gasteiger partial charge on any atom is -0.298 e. The van der Waals surface area contributed by atoms with Crippen molar-refractivity contribution in [1.82, 2.24) is 5.32 Å². The number of hydrogen-bond acceptors (Lipinski definition) is 2. The van der Waals surface area contributed by atoms with Crippen molar-refractivity contribution >= 4 is 0 Å². The highest BCUT2D eigenvalue weighted by Gasteiger charge is 2.24. The van der Waals surface area contributed by atoms with Crippen LogP contribution in [0.2, 0.25) is 0 Å². The summed E-state index contributed by atoms with van der Waals surface area (Å²) >= 11 is 0. The largest absolute Gasteiger partial charge is 0.298 e. The van der Waals surface area contributed by atoms with Gasteiger partial charge in [0.25, 0.3) is 0 Å². The molecule has 17 heavy (non-hydrogen) atoms. The van der Waals surface area contributed by atoms with Crippen molar-refractivity contribution in [3.63, 3.8) is 0 Å². The van der Waals surface area contributed by atoms with Crippen molar-refractivity contribution in [2.45, 2.75) is 38.6 Å². The van der Waals surface area contributed by atoms with E-state index in [1.807, 2.05) is 6.07 Å². The van der Waals surface area contributed by atoms with E-state index in [2.05, 4.69) is 43.4 Å². The summed E-state index contributed by atoms with van der Waals surface area (Å²) in [6.45, 7) is 5.19. The van der Waals surface area contributed by atoms with Crippen LogP contribution in [-0.2, 0) is 0 Å². The molecular weight excluding hydrogens is 208 g/mol. The standard InChI is InChI=1S/C15H20N2/c1-11(2)10-17-15(9-16)14-5-3-4-13(8-14)12-6-7-12/h3-5,8,11-12,15,17H,6-7,10H2,1-2H3. The van der Waals surface area contributed by atoms with Gasteiger partial charge in [0.2, 0.25) is 0 Å². The van der Waals surface area contributed by atoms with Crippen molar-refractivity contribution in [3.8, 4) is 6.07 Å². The first kappa shape index (κ1) is 12.1. The van der Waals surface area contributed by atoms with Crippen LogP contribution in [0, 0.1) is 17.2 Å². The summed E-state index contributed by atoms with van der Waals surface area (Å²) in [5, 5.41) is 12.5. The van der Waals surface area contributed by atoms with Gasteiger partial charge < -0.3 is 0 Å². The van der Waals surface area contributed by atoms with Crippen LogP contribution in [0.3, 0.4) is 0 Å². The Hall–Kier alpha value is -1.33. The summed E-state index contributed by atoms with van der Waals surface area (Å²) in [5.41, 5.74) is 2.51. The molecular formula is C15H20N2. The lowest BCUT2D eigenvalue weighted by Gasteiger charge is -2.14. The molecule has 1 atom stereocenters. The molecule has 2 rings (SSSR count). The second-order valence-corrected chi connectivity index (χ2v) is 5.31. The van der Waals surface area contributed by atoms with Crippen LogP contribution >= 0.6 is 0 Å². The highest BCUT2D eigenvalue weighted by Crippen LogP contribution is 2.40. The number of rotatable bonds is 5. The molecule has 1 aromatic rings. The predicted octanol–water partition coefficient (Wildman–Crippen LogP) is 3.37. The van der Waals surface area contributed by atoms with Crippen LogP contribution in [0.15, 0.2) is 24.3 Å². The van der Waals surface area contributed by atoms with E-state index in [-0.39, 0.29) is 6.04 Å². The van der Waals surface area contributed by atoms with Crippen LogP contribution in [-0.4, -0.2) is 6.54 Å². The molecule has 0 saturated heterocycles. The lowest BCUT2D eigenvalue weighted by atomic mass is 10.0. The maximum atomic E-state index is 9.22. The molecule has 0 spiro atoms. The molecule has 0 bridgehead atoms. The van der Waals surface area contributed by atoms with Gasteiger partial charge >= 0.3 is 0 Å². The Morgan fingerprint density at radius 1 is 1.41 bits per heavy atom. The number of nitrogens with one attached hydrogen (secondary N) is 1. The van der Waals surface area contributed by atoms with Crippen LogP contribution in [0.5, 0.6) is 0 Å². The fraction of sp³-hybridized carbons (Fsp3) is 0.533. The number of nitriles is 1. The van der Waals surface area contributed by atoms with Crippen LogP contribution in [0.1, 0.15) is 49.8 Å². The van der Waals surface area contributed by atoms with E-state index in [0.29, 0.717) is 5.92 Å². The van der Waals surface area contributed by atoms with E-state index in [4.69, 9.17) is 0 Å². The third-order valence-electron chi connectivity index (χ3n) is 3.15. The highest BCUT2D eigenvalue weighted by molar-refractivity contribution is 5.33. The molecule has 0 amide bonds. The van der Waals surface area contributed by atoms with E-state index < -0.39 is 0 Å².